The zero-order chi connectivity index (χ0) is 21.4. The van der Waals surface area contributed by atoms with Crippen molar-refractivity contribution < 1.29 is 18.7 Å². The predicted molar refractivity (Wildman–Crippen MR) is 116 cm³/mol. The molecule has 154 valence electrons. The fourth-order valence-corrected chi connectivity index (χ4v) is 8.99. The average Bonchev–Trinajstić information content (AvgIpc) is 2.94. The van der Waals surface area contributed by atoms with Crippen LogP contribution >= 0.6 is 7.37 Å². The Hall–Kier alpha value is -2.49. The molecule has 6 rings (SSSR count). The van der Waals surface area contributed by atoms with Gasteiger partial charge in [0.25, 0.3) is 0 Å². The number of carbonyl (C=O) groups excluding carboxylic acids is 2. The normalized spacial score (nSPS) is 32.4. The van der Waals surface area contributed by atoms with Crippen LogP contribution in [0.25, 0.3) is 0 Å². The molecule has 2 amide bonds. The summed E-state index contributed by atoms with van der Waals surface area (Å²) in [6.45, 7) is 7.78. The van der Waals surface area contributed by atoms with Crippen LogP contribution in [0.1, 0.15) is 23.6 Å². The maximum absolute atomic E-state index is 14.4. The van der Waals surface area contributed by atoms with Gasteiger partial charge in [-0.25, -0.2) is 4.90 Å². The van der Waals surface area contributed by atoms with Crippen molar-refractivity contribution in [1.29, 1.82) is 0 Å². The molecular formula is C24H24NO4P. The highest BCUT2D eigenvalue weighted by atomic mass is 31.2. The van der Waals surface area contributed by atoms with Crippen molar-refractivity contribution in [3.8, 4) is 0 Å². The molecule has 0 N–H and O–H groups in total. The molecule has 2 aromatic rings. The van der Waals surface area contributed by atoms with Gasteiger partial charge in [0.15, 0.2) is 0 Å². The van der Waals surface area contributed by atoms with Gasteiger partial charge in [-0.1, -0.05) is 42.0 Å². The summed E-state index contributed by atoms with van der Waals surface area (Å²) in [6.07, 6.45) is 1.28. The maximum atomic E-state index is 14.4. The van der Waals surface area contributed by atoms with E-state index in [0.29, 0.717) is 11.0 Å². The van der Waals surface area contributed by atoms with E-state index in [0.717, 1.165) is 22.3 Å². The summed E-state index contributed by atoms with van der Waals surface area (Å²) in [5.74, 6) is -1.82. The molecule has 1 unspecified atom stereocenters. The first-order chi connectivity index (χ1) is 14.2. The monoisotopic (exact) mass is 421 g/mol. The average molecular weight is 421 g/mol. The predicted octanol–water partition coefficient (Wildman–Crippen LogP) is 4.05. The third kappa shape index (κ3) is 2.49. The van der Waals surface area contributed by atoms with Gasteiger partial charge in [-0.3, -0.25) is 14.2 Å². The number of carbonyl (C=O) groups is 2. The molecule has 3 aliphatic heterocycles. The van der Waals surface area contributed by atoms with Crippen molar-refractivity contribution in [1.82, 2.24) is 0 Å². The van der Waals surface area contributed by atoms with Crippen LogP contribution in [-0.4, -0.2) is 23.6 Å². The summed E-state index contributed by atoms with van der Waals surface area (Å²) in [6, 6.07) is 13.0. The van der Waals surface area contributed by atoms with Gasteiger partial charge in [0.05, 0.1) is 29.3 Å². The first-order valence-electron chi connectivity index (χ1n) is 10.2. The van der Waals surface area contributed by atoms with Crippen molar-refractivity contribution in [2.24, 2.45) is 11.8 Å². The number of imide groups is 1. The van der Waals surface area contributed by atoms with Crippen LogP contribution < -0.4 is 10.2 Å². The lowest BCUT2D eigenvalue weighted by molar-refractivity contribution is -0.124. The molecule has 6 heteroatoms. The van der Waals surface area contributed by atoms with E-state index in [9.17, 15) is 14.2 Å². The van der Waals surface area contributed by atoms with Gasteiger partial charge < -0.3 is 4.52 Å². The first kappa shape index (κ1) is 19.5. The summed E-state index contributed by atoms with van der Waals surface area (Å²) >= 11 is 0. The number of nitrogens with zero attached hydrogens (tertiary/aromatic N) is 1. The molecule has 0 radical (unpaired) electrons. The summed E-state index contributed by atoms with van der Waals surface area (Å²) < 4.78 is 20.7. The third-order valence-corrected chi connectivity index (χ3v) is 9.72. The highest BCUT2D eigenvalue weighted by molar-refractivity contribution is 7.68. The number of aryl methyl sites for hydroxylation is 3. The minimum atomic E-state index is -3.39. The molecule has 0 saturated carbocycles. The van der Waals surface area contributed by atoms with Gasteiger partial charge in [-0.2, -0.15) is 0 Å². The van der Waals surface area contributed by atoms with Gasteiger partial charge in [-0.15, -0.1) is 0 Å². The van der Waals surface area contributed by atoms with E-state index >= 15 is 0 Å². The lowest BCUT2D eigenvalue weighted by Gasteiger charge is -2.46. The molecule has 2 bridgehead atoms. The standard InChI is InChI=1S/C24H24NO4P/c1-13-10-15(3)22(16(4)11-13)30(28)18-12-14(2)21(29-30)20-19(18)23(26)25(24(20)27)17-8-6-5-7-9-17/h5-12,18-21H,1-4H3/t18-,19+,20+,21+,30?/m0/s1. The maximum Gasteiger partial charge on any atom is 0.240 e. The van der Waals surface area contributed by atoms with Crippen molar-refractivity contribution in [3.05, 3.63) is 70.8 Å². The van der Waals surface area contributed by atoms with E-state index in [2.05, 4.69) is 0 Å². The zero-order valence-corrected chi connectivity index (χ0v) is 18.4. The Labute approximate surface area is 176 Å². The Morgan fingerprint density at radius 2 is 1.50 bits per heavy atom. The molecule has 5 atom stereocenters. The van der Waals surface area contributed by atoms with Crippen molar-refractivity contribution in [2.45, 2.75) is 39.5 Å². The Morgan fingerprint density at radius 3 is 2.13 bits per heavy atom. The number of hydrogen-bond acceptors (Lipinski definition) is 4. The van der Waals surface area contributed by atoms with Crippen molar-refractivity contribution in [3.63, 3.8) is 0 Å². The van der Waals surface area contributed by atoms with Crippen LogP contribution in [0.4, 0.5) is 5.69 Å². The van der Waals surface area contributed by atoms with E-state index < -0.39 is 31.0 Å². The highest BCUT2D eigenvalue weighted by Gasteiger charge is 2.66. The van der Waals surface area contributed by atoms with Gasteiger partial charge in [0, 0.05) is 5.30 Å². The number of anilines is 1. The number of hydrogen-bond donors (Lipinski definition) is 0. The molecule has 30 heavy (non-hydrogen) atoms. The minimum absolute atomic E-state index is 0.262. The molecule has 2 saturated heterocycles. The quantitative estimate of drug-likeness (QED) is 0.417. The number of amides is 2. The molecule has 1 aliphatic carbocycles. The van der Waals surface area contributed by atoms with Crippen LogP contribution in [-0.2, 0) is 18.7 Å². The third-order valence-electron chi connectivity index (χ3n) is 6.60. The molecule has 2 fully saturated rings. The van der Waals surface area contributed by atoms with E-state index in [1.165, 1.54) is 4.90 Å². The van der Waals surface area contributed by atoms with Crippen LogP contribution in [0.2, 0.25) is 0 Å². The molecule has 0 aromatic heterocycles. The van der Waals surface area contributed by atoms with Crippen LogP contribution in [0, 0.1) is 32.6 Å². The molecule has 3 heterocycles. The van der Waals surface area contributed by atoms with Gasteiger partial charge in [0.2, 0.25) is 19.2 Å². The fourth-order valence-electron chi connectivity index (χ4n) is 5.54. The smallest absolute Gasteiger partial charge is 0.240 e. The van der Waals surface area contributed by atoms with Crippen molar-refractivity contribution in [2.75, 3.05) is 4.90 Å². The second-order valence-electron chi connectivity index (χ2n) is 8.67. The molecule has 4 aliphatic rings. The Bertz CT molecular complexity index is 1150. The molecule has 5 nitrogen and oxygen atoms in total. The summed E-state index contributed by atoms with van der Waals surface area (Å²) in [4.78, 5) is 28.1. The van der Waals surface area contributed by atoms with Crippen LogP contribution in [0.15, 0.2) is 54.1 Å². The Kier molecular flexibility index (Phi) is 4.22. The largest absolute Gasteiger partial charge is 0.316 e. The lowest BCUT2D eigenvalue weighted by atomic mass is 9.79. The minimum Gasteiger partial charge on any atom is -0.316 e. The Morgan fingerprint density at radius 1 is 0.900 bits per heavy atom. The highest BCUT2D eigenvalue weighted by Crippen LogP contribution is 2.67. The number of rotatable bonds is 2. The topological polar surface area (TPSA) is 63.7 Å². The molecule has 2 aromatic carbocycles. The number of para-hydroxylation sites is 1. The lowest BCUT2D eigenvalue weighted by Crippen LogP contribution is -2.50. The van der Waals surface area contributed by atoms with Crippen molar-refractivity contribution >= 4 is 30.2 Å². The van der Waals surface area contributed by atoms with Crippen LogP contribution in [0.5, 0.6) is 0 Å². The van der Waals surface area contributed by atoms with Gasteiger partial charge >= 0.3 is 0 Å². The first-order valence-corrected chi connectivity index (χ1v) is 11.9. The number of fused-ring (bicyclic) bond motifs is 1. The van der Waals surface area contributed by atoms with E-state index in [1.807, 2.05) is 52.0 Å². The second-order valence-corrected chi connectivity index (χ2v) is 11.1. The van der Waals surface area contributed by atoms with E-state index in [-0.39, 0.29) is 11.8 Å². The molecule has 0 spiro atoms. The second kappa shape index (κ2) is 6.50. The summed E-state index contributed by atoms with van der Waals surface area (Å²) in [5, 5.41) is 0.698. The van der Waals surface area contributed by atoms with E-state index in [4.69, 9.17) is 4.52 Å². The summed E-state index contributed by atoms with van der Waals surface area (Å²) in [7, 11) is -3.39. The number of allylic oxidation sites excluding steroid dienone is 1. The SMILES string of the molecule is CC1=C[C@H]2[C@H]3C(=O)N(c4ccccc4)C(=O)[C@H]3[C@@H]1OP2(=O)c1c(C)cc(C)cc1C. The summed E-state index contributed by atoms with van der Waals surface area (Å²) in [5.41, 5.74) is 3.71. The zero-order valence-electron chi connectivity index (χ0n) is 17.5. The number of benzene rings is 2. The molecular weight excluding hydrogens is 397 g/mol. The fraction of sp³-hybridized carbons (Fsp3) is 0.333. The van der Waals surface area contributed by atoms with Crippen LogP contribution in [0.3, 0.4) is 0 Å². The van der Waals surface area contributed by atoms with Gasteiger partial charge in [0.1, 0.15) is 0 Å². The van der Waals surface area contributed by atoms with Gasteiger partial charge in [-0.05, 0) is 56.5 Å². The Balaban J connectivity index is 1.66. The van der Waals surface area contributed by atoms with E-state index in [1.54, 1.807) is 24.3 Å².